The zero-order valence-electron chi connectivity index (χ0n) is 10.1. The zero-order valence-corrected chi connectivity index (χ0v) is 10.1. The number of Topliss-reactive ketones (excluding diaryl/α,β-unsaturated/α-hetero) is 1. The van der Waals surface area contributed by atoms with Gasteiger partial charge >= 0.3 is 0 Å². The van der Waals surface area contributed by atoms with Gasteiger partial charge in [-0.05, 0) is 42.3 Å². The lowest BCUT2D eigenvalue weighted by Crippen LogP contribution is -2.04. The molecule has 0 saturated carbocycles. The second kappa shape index (κ2) is 5.14. The van der Waals surface area contributed by atoms with Crippen molar-refractivity contribution in [3.8, 4) is 0 Å². The second-order valence-corrected chi connectivity index (χ2v) is 4.14. The van der Waals surface area contributed by atoms with Crippen LogP contribution in [0.4, 0.5) is 4.39 Å². The molecule has 0 atom stereocenters. The van der Waals surface area contributed by atoms with Crippen LogP contribution in [0.5, 0.6) is 0 Å². The number of furan rings is 1. The lowest BCUT2D eigenvalue weighted by molar-refractivity contribution is 0.0964. The molecule has 94 valence electrons. The molecule has 0 fully saturated rings. The SMILES string of the molecule is Cc1ccc(F)cc1CC(=O)c1ccc(CN)o1. The minimum Gasteiger partial charge on any atom is -0.457 e. The molecule has 0 unspecified atom stereocenters. The molecule has 4 heteroatoms. The molecule has 0 spiro atoms. The largest absolute Gasteiger partial charge is 0.457 e. The van der Waals surface area contributed by atoms with Crippen molar-refractivity contribution in [2.45, 2.75) is 19.9 Å². The van der Waals surface area contributed by atoms with E-state index >= 15 is 0 Å². The van der Waals surface area contributed by atoms with Crippen molar-refractivity contribution >= 4 is 5.78 Å². The van der Waals surface area contributed by atoms with Gasteiger partial charge in [-0.25, -0.2) is 4.39 Å². The maximum absolute atomic E-state index is 13.1. The first-order chi connectivity index (χ1) is 8.60. The molecule has 1 aromatic carbocycles. The fraction of sp³-hybridized carbons (Fsp3) is 0.214. The highest BCUT2D eigenvalue weighted by molar-refractivity contribution is 5.95. The van der Waals surface area contributed by atoms with Crippen LogP contribution in [0.15, 0.2) is 34.7 Å². The van der Waals surface area contributed by atoms with E-state index < -0.39 is 0 Å². The monoisotopic (exact) mass is 247 g/mol. The second-order valence-electron chi connectivity index (χ2n) is 4.14. The predicted octanol–water partition coefficient (Wildman–Crippen LogP) is 2.61. The smallest absolute Gasteiger partial charge is 0.202 e. The summed E-state index contributed by atoms with van der Waals surface area (Å²) in [6.07, 6.45) is 0.126. The zero-order chi connectivity index (χ0) is 13.1. The molecule has 3 nitrogen and oxygen atoms in total. The highest BCUT2D eigenvalue weighted by Gasteiger charge is 2.13. The van der Waals surface area contributed by atoms with Gasteiger partial charge in [0, 0.05) is 6.42 Å². The van der Waals surface area contributed by atoms with Crippen LogP contribution in [-0.2, 0) is 13.0 Å². The first kappa shape index (κ1) is 12.5. The quantitative estimate of drug-likeness (QED) is 0.845. The maximum atomic E-state index is 13.1. The Morgan fingerprint density at radius 3 is 2.78 bits per heavy atom. The molecule has 1 aromatic heterocycles. The minimum atomic E-state index is -0.342. The number of nitrogens with two attached hydrogens (primary N) is 1. The summed E-state index contributed by atoms with van der Waals surface area (Å²) >= 11 is 0. The highest BCUT2D eigenvalue weighted by Crippen LogP contribution is 2.15. The van der Waals surface area contributed by atoms with Crippen LogP contribution in [0, 0.1) is 12.7 Å². The van der Waals surface area contributed by atoms with Crippen LogP contribution in [0.1, 0.15) is 27.4 Å². The van der Waals surface area contributed by atoms with Crippen LogP contribution in [0.2, 0.25) is 0 Å². The van der Waals surface area contributed by atoms with E-state index in [1.807, 2.05) is 6.92 Å². The van der Waals surface area contributed by atoms with Gasteiger partial charge in [0.05, 0.1) is 6.54 Å². The Morgan fingerprint density at radius 1 is 1.33 bits per heavy atom. The van der Waals surface area contributed by atoms with E-state index in [1.165, 1.54) is 12.1 Å². The van der Waals surface area contributed by atoms with Crippen molar-refractivity contribution in [1.82, 2.24) is 0 Å². The molecular formula is C14H14FNO2. The number of aryl methyl sites for hydroxylation is 1. The van der Waals surface area contributed by atoms with Crippen LogP contribution >= 0.6 is 0 Å². The Balaban J connectivity index is 2.18. The van der Waals surface area contributed by atoms with Gasteiger partial charge in [0.25, 0.3) is 0 Å². The summed E-state index contributed by atoms with van der Waals surface area (Å²) < 4.78 is 18.4. The maximum Gasteiger partial charge on any atom is 0.202 e. The number of carbonyl (C=O) groups is 1. The molecule has 0 radical (unpaired) electrons. The molecule has 0 aliphatic rings. The molecule has 2 rings (SSSR count). The summed E-state index contributed by atoms with van der Waals surface area (Å²) in [7, 11) is 0. The van der Waals surface area contributed by atoms with Crippen molar-refractivity contribution in [2.24, 2.45) is 5.73 Å². The normalized spacial score (nSPS) is 10.6. The van der Waals surface area contributed by atoms with Crippen LogP contribution in [-0.4, -0.2) is 5.78 Å². The average molecular weight is 247 g/mol. The molecule has 2 N–H and O–H groups in total. The summed E-state index contributed by atoms with van der Waals surface area (Å²) in [6, 6.07) is 7.68. The van der Waals surface area contributed by atoms with Crippen molar-refractivity contribution in [3.05, 3.63) is 58.8 Å². The molecule has 0 bridgehead atoms. The number of hydrogen-bond donors (Lipinski definition) is 1. The highest BCUT2D eigenvalue weighted by atomic mass is 19.1. The summed E-state index contributed by atoms with van der Waals surface area (Å²) in [5, 5.41) is 0. The summed E-state index contributed by atoms with van der Waals surface area (Å²) in [5.74, 6) is 0.308. The first-order valence-electron chi connectivity index (χ1n) is 5.67. The molecule has 0 aliphatic carbocycles. The summed E-state index contributed by atoms with van der Waals surface area (Å²) in [4.78, 5) is 11.9. The van der Waals surface area contributed by atoms with Gasteiger partial charge in [0.2, 0.25) is 5.78 Å². The van der Waals surface area contributed by atoms with Crippen molar-refractivity contribution in [2.75, 3.05) is 0 Å². The van der Waals surface area contributed by atoms with Gasteiger partial charge in [0.15, 0.2) is 5.76 Å². The average Bonchev–Trinajstić information content (AvgIpc) is 2.82. The Morgan fingerprint density at radius 2 is 2.11 bits per heavy atom. The molecule has 2 aromatic rings. The number of benzene rings is 1. The van der Waals surface area contributed by atoms with E-state index in [4.69, 9.17) is 10.2 Å². The number of ketones is 1. The Kier molecular flexibility index (Phi) is 3.58. The van der Waals surface area contributed by atoms with Crippen molar-refractivity contribution in [1.29, 1.82) is 0 Å². The fourth-order valence-electron chi connectivity index (χ4n) is 1.73. The molecule has 0 amide bonds. The summed E-state index contributed by atoms with van der Waals surface area (Å²) in [5.41, 5.74) is 6.96. The third kappa shape index (κ3) is 2.65. The Labute approximate surface area is 104 Å². The molecule has 0 aliphatic heterocycles. The van der Waals surface area contributed by atoms with Gasteiger partial charge in [-0.2, -0.15) is 0 Å². The molecule has 18 heavy (non-hydrogen) atoms. The van der Waals surface area contributed by atoms with E-state index in [2.05, 4.69) is 0 Å². The van der Waals surface area contributed by atoms with Crippen molar-refractivity contribution < 1.29 is 13.6 Å². The number of hydrogen-bond acceptors (Lipinski definition) is 3. The topological polar surface area (TPSA) is 56.2 Å². The van der Waals surface area contributed by atoms with Crippen LogP contribution in [0.3, 0.4) is 0 Å². The Hall–Kier alpha value is -1.94. The lowest BCUT2D eigenvalue weighted by Gasteiger charge is -2.04. The predicted molar refractivity (Wildman–Crippen MR) is 65.8 cm³/mol. The Bertz CT molecular complexity index is 575. The van der Waals surface area contributed by atoms with Crippen LogP contribution < -0.4 is 5.73 Å². The van der Waals surface area contributed by atoms with Crippen molar-refractivity contribution in [3.63, 3.8) is 0 Å². The van der Waals surface area contributed by atoms with E-state index in [0.29, 0.717) is 11.3 Å². The molecule has 1 heterocycles. The standard InChI is InChI=1S/C14H14FNO2/c1-9-2-3-11(15)6-10(9)7-13(17)14-5-4-12(8-16)18-14/h2-6H,7-8,16H2,1H3. The van der Waals surface area contributed by atoms with Gasteiger partial charge in [-0.15, -0.1) is 0 Å². The molecule has 0 saturated heterocycles. The third-order valence-electron chi connectivity index (χ3n) is 2.80. The number of halogens is 1. The van der Waals surface area contributed by atoms with E-state index in [0.717, 1.165) is 5.56 Å². The summed E-state index contributed by atoms with van der Waals surface area (Å²) in [6.45, 7) is 2.10. The van der Waals surface area contributed by atoms with Gasteiger partial charge in [-0.3, -0.25) is 4.79 Å². The molecular weight excluding hydrogens is 233 g/mol. The number of rotatable bonds is 4. The van der Waals surface area contributed by atoms with E-state index in [9.17, 15) is 9.18 Å². The van der Waals surface area contributed by atoms with Gasteiger partial charge < -0.3 is 10.2 Å². The fourth-order valence-corrected chi connectivity index (χ4v) is 1.73. The lowest BCUT2D eigenvalue weighted by atomic mass is 10.0. The minimum absolute atomic E-state index is 0.126. The first-order valence-corrected chi connectivity index (χ1v) is 5.67. The van der Waals surface area contributed by atoms with E-state index in [-0.39, 0.29) is 30.3 Å². The number of carbonyl (C=O) groups excluding carboxylic acids is 1. The third-order valence-corrected chi connectivity index (χ3v) is 2.80. The van der Waals surface area contributed by atoms with Crippen LogP contribution in [0.25, 0.3) is 0 Å². The van der Waals surface area contributed by atoms with Gasteiger partial charge in [0.1, 0.15) is 11.6 Å². The van der Waals surface area contributed by atoms with E-state index in [1.54, 1.807) is 18.2 Å². The van der Waals surface area contributed by atoms with Gasteiger partial charge in [-0.1, -0.05) is 6.07 Å².